The number of anilines is 2. The van der Waals surface area contributed by atoms with Crippen molar-refractivity contribution in [1.29, 1.82) is 0 Å². The molecule has 8 nitrogen and oxygen atoms in total. The van der Waals surface area contributed by atoms with Crippen molar-refractivity contribution in [2.45, 2.75) is 58.9 Å². The second-order valence-electron chi connectivity index (χ2n) is 8.26. The minimum Gasteiger partial charge on any atom is -0.333 e. The molecule has 0 bridgehead atoms. The van der Waals surface area contributed by atoms with Gasteiger partial charge in [0.05, 0.1) is 22.9 Å². The van der Waals surface area contributed by atoms with Crippen molar-refractivity contribution in [3.63, 3.8) is 0 Å². The highest BCUT2D eigenvalue weighted by atomic mass is 35.5. The molecule has 1 saturated heterocycles. The zero-order valence-corrected chi connectivity index (χ0v) is 19.5. The number of likely N-dealkylation sites (tertiary alicyclic amines) is 1. The van der Waals surface area contributed by atoms with Crippen LogP contribution >= 0.6 is 11.6 Å². The maximum Gasteiger partial charge on any atom is 0.248 e. The summed E-state index contributed by atoms with van der Waals surface area (Å²) in [7, 11) is 0. The van der Waals surface area contributed by atoms with E-state index in [-0.39, 0.29) is 24.3 Å². The topological polar surface area (TPSA) is 96.3 Å². The van der Waals surface area contributed by atoms with E-state index in [1.54, 1.807) is 34.7 Å². The Balaban J connectivity index is 1.59. The molecule has 0 saturated carbocycles. The highest BCUT2D eigenvalue weighted by molar-refractivity contribution is 6.34. The van der Waals surface area contributed by atoms with E-state index in [0.717, 1.165) is 37.1 Å². The molecule has 1 aromatic carbocycles. The molecule has 2 N–H and O–H groups in total. The van der Waals surface area contributed by atoms with Crippen LogP contribution in [0.2, 0.25) is 5.02 Å². The van der Waals surface area contributed by atoms with Crippen molar-refractivity contribution in [3.05, 3.63) is 40.7 Å². The summed E-state index contributed by atoms with van der Waals surface area (Å²) in [5.74, 6) is -0.497. The molecular formula is C23H30ClN5O3. The average Bonchev–Trinajstić information content (AvgIpc) is 3.07. The zero-order valence-electron chi connectivity index (χ0n) is 18.8. The molecule has 3 amide bonds. The van der Waals surface area contributed by atoms with Gasteiger partial charge in [0.1, 0.15) is 6.04 Å². The number of rotatable bonds is 6. The van der Waals surface area contributed by atoms with Crippen LogP contribution in [-0.4, -0.2) is 45.5 Å². The van der Waals surface area contributed by atoms with Gasteiger partial charge in [0.2, 0.25) is 17.7 Å². The normalized spacial score (nSPS) is 15.6. The van der Waals surface area contributed by atoms with Crippen LogP contribution in [0.3, 0.4) is 0 Å². The second-order valence-corrected chi connectivity index (χ2v) is 8.67. The average molecular weight is 460 g/mol. The smallest absolute Gasteiger partial charge is 0.248 e. The summed E-state index contributed by atoms with van der Waals surface area (Å²) in [5, 5.41) is 10.3. The van der Waals surface area contributed by atoms with E-state index in [0.29, 0.717) is 29.4 Å². The van der Waals surface area contributed by atoms with Gasteiger partial charge in [-0.1, -0.05) is 24.4 Å². The lowest BCUT2D eigenvalue weighted by atomic mass is 10.1. The maximum atomic E-state index is 12.7. The van der Waals surface area contributed by atoms with Gasteiger partial charge in [0, 0.05) is 24.3 Å². The van der Waals surface area contributed by atoms with Gasteiger partial charge in [-0.05, 0) is 57.9 Å². The SMILES string of the molecule is Cc1cc(C)n(C(C)C(=O)Nc2ccc(NC(=O)CN3CCCCCCC3=O)cc2Cl)n1. The molecule has 1 aliphatic rings. The zero-order chi connectivity index (χ0) is 23.3. The minimum atomic E-state index is -0.505. The van der Waals surface area contributed by atoms with Crippen LogP contribution in [0.25, 0.3) is 0 Å². The third-order valence-corrected chi connectivity index (χ3v) is 5.87. The Hall–Kier alpha value is -2.87. The molecular weight excluding hydrogens is 430 g/mol. The van der Waals surface area contributed by atoms with Gasteiger partial charge in [0.25, 0.3) is 0 Å². The Labute approximate surface area is 193 Å². The number of hydrogen-bond acceptors (Lipinski definition) is 4. The van der Waals surface area contributed by atoms with E-state index >= 15 is 0 Å². The van der Waals surface area contributed by atoms with Crippen molar-refractivity contribution in [1.82, 2.24) is 14.7 Å². The third-order valence-electron chi connectivity index (χ3n) is 5.56. The number of amides is 3. The number of halogens is 1. The molecule has 1 aromatic heterocycles. The summed E-state index contributed by atoms with van der Waals surface area (Å²) >= 11 is 6.34. The Morgan fingerprint density at radius 1 is 1.12 bits per heavy atom. The lowest BCUT2D eigenvalue weighted by Crippen LogP contribution is -2.39. The molecule has 32 heavy (non-hydrogen) atoms. The summed E-state index contributed by atoms with van der Waals surface area (Å²) < 4.78 is 1.67. The number of aryl methyl sites for hydroxylation is 2. The molecule has 0 aliphatic carbocycles. The summed E-state index contributed by atoms with van der Waals surface area (Å²) in [6.45, 7) is 6.17. The van der Waals surface area contributed by atoms with Crippen molar-refractivity contribution >= 4 is 40.7 Å². The molecule has 2 aromatic rings. The quantitative estimate of drug-likeness (QED) is 0.680. The fourth-order valence-corrected chi connectivity index (χ4v) is 4.06. The van der Waals surface area contributed by atoms with Crippen molar-refractivity contribution in [3.8, 4) is 0 Å². The molecule has 0 radical (unpaired) electrons. The van der Waals surface area contributed by atoms with Gasteiger partial charge in [-0.15, -0.1) is 0 Å². The van der Waals surface area contributed by atoms with Crippen LogP contribution in [0.1, 0.15) is 56.5 Å². The highest BCUT2D eigenvalue weighted by Gasteiger charge is 2.20. The Morgan fingerprint density at radius 2 is 1.88 bits per heavy atom. The minimum absolute atomic E-state index is 0.0210. The van der Waals surface area contributed by atoms with Crippen LogP contribution < -0.4 is 10.6 Å². The Kier molecular flexibility index (Phi) is 7.90. The maximum absolute atomic E-state index is 12.7. The van der Waals surface area contributed by atoms with Crippen molar-refractivity contribution in [2.24, 2.45) is 0 Å². The third kappa shape index (κ3) is 6.09. The highest BCUT2D eigenvalue weighted by Crippen LogP contribution is 2.26. The molecule has 2 heterocycles. The first-order valence-corrected chi connectivity index (χ1v) is 11.3. The van der Waals surface area contributed by atoms with E-state index in [9.17, 15) is 14.4 Å². The van der Waals surface area contributed by atoms with Crippen LogP contribution in [0.4, 0.5) is 11.4 Å². The molecule has 1 unspecified atom stereocenters. The fraction of sp³-hybridized carbons (Fsp3) is 0.478. The monoisotopic (exact) mass is 459 g/mol. The van der Waals surface area contributed by atoms with E-state index in [2.05, 4.69) is 15.7 Å². The molecule has 172 valence electrons. The molecule has 3 rings (SSSR count). The number of benzene rings is 1. The van der Waals surface area contributed by atoms with Crippen LogP contribution in [0.5, 0.6) is 0 Å². The predicted octanol–water partition coefficient (Wildman–Crippen LogP) is 4.08. The molecule has 1 fully saturated rings. The van der Waals surface area contributed by atoms with Gasteiger partial charge in [-0.3, -0.25) is 19.1 Å². The molecule has 1 aliphatic heterocycles. The Bertz CT molecular complexity index is 1000. The largest absolute Gasteiger partial charge is 0.333 e. The molecule has 9 heteroatoms. The van der Waals surface area contributed by atoms with Crippen molar-refractivity contribution < 1.29 is 14.4 Å². The first kappa shape index (κ1) is 23.8. The van der Waals surface area contributed by atoms with Crippen LogP contribution in [-0.2, 0) is 14.4 Å². The summed E-state index contributed by atoms with van der Waals surface area (Å²) in [6.07, 6.45) is 4.41. The number of aromatic nitrogens is 2. The lowest BCUT2D eigenvalue weighted by molar-refractivity contribution is -0.135. The van der Waals surface area contributed by atoms with E-state index in [4.69, 9.17) is 11.6 Å². The number of nitrogens with zero attached hydrogens (tertiary/aromatic N) is 3. The Morgan fingerprint density at radius 3 is 2.56 bits per heavy atom. The number of nitrogens with one attached hydrogen (secondary N) is 2. The number of hydrogen-bond donors (Lipinski definition) is 2. The van der Waals surface area contributed by atoms with Crippen molar-refractivity contribution in [2.75, 3.05) is 23.7 Å². The van der Waals surface area contributed by atoms with Gasteiger partial charge >= 0.3 is 0 Å². The first-order chi connectivity index (χ1) is 15.2. The van der Waals surface area contributed by atoms with Gasteiger partial charge in [0.15, 0.2) is 0 Å². The second kappa shape index (κ2) is 10.6. The summed E-state index contributed by atoms with van der Waals surface area (Å²) in [4.78, 5) is 38.9. The molecule has 0 spiro atoms. The van der Waals surface area contributed by atoms with E-state index in [1.165, 1.54) is 0 Å². The number of carbonyl (C=O) groups excluding carboxylic acids is 3. The van der Waals surface area contributed by atoms with Gasteiger partial charge in [-0.2, -0.15) is 5.10 Å². The van der Waals surface area contributed by atoms with Crippen LogP contribution in [0, 0.1) is 13.8 Å². The van der Waals surface area contributed by atoms with E-state index in [1.807, 2.05) is 19.9 Å². The summed E-state index contributed by atoms with van der Waals surface area (Å²) in [6, 6.07) is 6.30. The predicted molar refractivity (Wildman–Crippen MR) is 125 cm³/mol. The lowest BCUT2D eigenvalue weighted by Gasteiger charge is -2.24. The van der Waals surface area contributed by atoms with Gasteiger partial charge < -0.3 is 15.5 Å². The van der Waals surface area contributed by atoms with E-state index < -0.39 is 6.04 Å². The summed E-state index contributed by atoms with van der Waals surface area (Å²) in [5.41, 5.74) is 2.69. The first-order valence-electron chi connectivity index (χ1n) is 11.0. The molecule has 1 atom stereocenters. The fourth-order valence-electron chi connectivity index (χ4n) is 3.84. The van der Waals surface area contributed by atoms with Gasteiger partial charge in [-0.25, -0.2) is 0 Å². The number of carbonyl (C=O) groups is 3. The standard InChI is InChI=1S/C23H30ClN5O3/c1-15-12-16(2)29(27-15)17(3)23(32)26-20-10-9-18(13-19(20)24)25-21(30)14-28-11-7-5-4-6-8-22(28)31/h9-10,12-13,17H,4-8,11,14H2,1-3H3,(H,25,30)(H,26,32). The van der Waals surface area contributed by atoms with Crippen LogP contribution in [0.15, 0.2) is 24.3 Å².